The molecule has 0 N–H and O–H groups in total. The predicted molar refractivity (Wildman–Crippen MR) is 51.0 cm³/mol. The van der Waals surface area contributed by atoms with Gasteiger partial charge in [0.05, 0.1) is 19.6 Å². The quantitative estimate of drug-likeness (QED) is 0.607. The summed E-state index contributed by atoms with van der Waals surface area (Å²) < 4.78 is 16.4. The fraction of sp³-hybridized carbons (Fsp3) is 0.909. The molecule has 0 aromatic rings. The van der Waals surface area contributed by atoms with Gasteiger partial charge in [-0.2, -0.15) is 0 Å². The highest BCUT2D eigenvalue weighted by Gasteiger charge is 2.52. The summed E-state index contributed by atoms with van der Waals surface area (Å²) in [5.74, 6) is 1.12. The summed E-state index contributed by atoms with van der Waals surface area (Å²) in [5.41, 5.74) is 0. The maximum atomic E-state index is 11.2. The fourth-order valence-corrected chi connectivity index (χ4v) is 3.25. The van der Waals surface area contributed by atoms with Gasteiger partial charge in [-0.1, -0.05) is 6.92 Å². The van der Waals surface area contributed by atoms with Crippen LogP contribution < -0.4 is 0 Å². The van der Waals surface area contributed by atoms with E-state index in [1.165, 1.54) is 0 Å². The van der Waals surface area contributed by atoms with Crippen molar-refractivity contribution < 1.29 is 19.0 Å². The van der Waals surface area contributed by atoms with Crippen LogP contribution in [-0.4, -0.2) is 31.6 Å². The molecule has 84 valence electrons. The first-order valence-electron chi connectivity index (χ1n) is 5.68. The second kappa shape index (κ2) is 3.46. The number of carbonyl (C=O) groups is 1. The van der Waals surface area contributed by atoms with Crippen LogP contribution in [0.4, 0.5) is 0 Å². The molecule has 0 radical (unpaired) electrons. The van der Waals surface area contributed by atoms with Crippen LogP contribution in [0.3, 0.4) is 0 Å². The van der Waals surface area contributed by atoms with Crippen LogP contribution in [0.25, 0.3) is 0 Å². The molecule has 0 aromatic carbocycles. The Labute approximate surface area is 88.9 Å². The number of carbonyl (C=O) groups excluding carboxylic acids is 1. The van der Waals surface area contributed by atoms with Gasteiger partial charge in [-0.25, -0.2) is 0 Å². The first-order valence-corrected chi connectivity index (χ1v) is 5.68. The average Bonchev–Trinajstić information content (AvgIpc) is 2.80. The molecule has 0 spiro atoms. The third-order valence-electron chi connectivity index (χ3n) is 3.88. The van der Waals surface area contributed by atoms with E-state index in [4.69, 9.17) is 14.2 Å². The van der Waals surface area contributed by atoms with E-state index in [1.807, 2.05) is 0 Å². The third-order valence-corrected chi connectivity index (χ3v) is 3.88. The maximum Gasteiger partial charge on any atom is 0.306 e. The molecule has 0 aromatic heterocycles. The normalized spacial score (nSPS) is 45.8. The fourth-order valence-electron chi connectivity index (χ4n) is 3.25. The molecular weight excluding hydrogens is 196 g/mol. The van der Waals surface area contributed by atoms with Crippen molar-refractivity contribution in [1.82, 2.24) is 0 Å². The number of hydrogen-bond donors (Lipinski definition) is 0. The van der Waals surface area contributed by atoms with Crippen molar-refractivity contribution in [2.24, 2.45) is 17.8 Å². The van der Waals surface area contributed by atoms with E-state index in [9.17, 15) is 4.79 Å². The number of fused-ring (bicyclic) bond motifs is 1. The van der Waals surface area contributed by atoms with E-state index in [0.717, 1.165) is 6.42 Å². The zero-order valence-corrected chi connectivity index (χ0v) is 8.85. The molecular formula is C11H16O4. The maximum absolute atomic E-state index is 11.2. The Morgan fingerprint density at radius 3 is 2.73 bits per heavy atom. The van der Waals surface area contributed by atoms with E-state index < -0.39 is 0 Å². The highest BCUT2D eigenvalue weighted by Crippen LogP contribution is 2.47. The Balaban J connectivity index is 1.78. The van der Waals surface area contributed by atoms with Gasteiger partial charge in [0.15, 0.2) is 6.29 Å². The number of esters is 1. The summed E-state index contributed by atoms with van der Waals surface area (Å²) in [6.45, 7) is 3.56. The SMILES string of the molecule is C[C@@H]1CC2OC(=O)C[C@@H]2[C@H]1C1OCCO1. The van der Waals surface area contributed by atoms with Crippen molar-refractivity contribution >= 4 is 5.97 Å². The van der Waals surface area contributed by atoms with Crippen LogP contribution in [-0.2, 0) is 19.0 Å². The lowest BCUT2D eigenvalue weighted by molar-refractivity contribution is -0.141. The Bertz CT molecular complexity index is 272. The van der Waals surface area contributed by atoms with Crippen LogP contribution in [0.2, 0.25) is 0 Å². The van der Waals surface area contributed by atoms with Gasteiger partial charge in [-0.15, -0.1) is 0 Å². The smallest absolute Gasteiger partial charge is 0.306 e. The molecule has 4 atom stereocenters. The van der Waals surface area contributed by atoms with Crippen molar-refractivity contribution in [3.63, 3.8) is 0 Å². The van der Waals surface area contributed by atoms with Crippen molar-refractivity contribution in [3.8, 4) is 0 Å². The molecule has 1 unspecified atom stereocenters. The van der Waals surface area contributed by atoms with Gasteiger partial charge in [-0.3, -0.25) is 4.79 Å². The minimum Gasteiger partial charge on any atom is -0.462 e. The summed E-state index contributed by atoms with van der Waals surface area (Å²) in [5, 5.41) is 0. The van der Waals surface area contributed by atoms with Gasteiger partial charge in [0.1, 0.15) is 6.10 Å². The van der Waals surface area contributed by atoms with Crippen LogP contribution in [0.1, 0.15) is 19.8 Å². The Morgan fingerprint density at radius 2 is 2.00 bits per heavy atom. The van der Waals surface area contributed by atoms with Crippen LogP contribution in [0.5, 0.6) is 0 Å². The molecule has 2 aliphatic heterocycles. The molecule has 0 amide bonds. The molecule has 2 heterocycles. The molecule has 4 nitrogen and oxygen atoms in total. The molecule has 3 rings (SSSR count). The number of hydrogen-bond acceptors (Lipinski definition) is 4. The summed E-state index contributed by atoms with van der Waals surface area (Å²) in [6, 6.07) is 0. The lowest BCUT2D eigenvalue weighted by atomic mass is 9.88. The standard InChI is InChI=1S/C11H16O4/c1-6-4-8-7(5-9(12)15-8)10(6)11-13-2-3-14-11/h6-8,10-11H,2-5H2,1H3/t6-,7+,8?,10+/m1/s1. The molecule has 15 heavy (non-hydrogen) atoms. The molecule has 3 fully saturated rings. The third kappa shape index (κ3) is 1.47. The average molecular weight is 212 g/mol. The van der Waals surface area contributed by atoms with E-state index in [2.05, 4.69) is 6.92 Å². The Morgan fingerprint density at radius 1 is 1.27 bits per heavy atom. The summed E-state index contributed by atoms with van der Waals surface area (Å²) in [7, 11) is 0. The second-order valence-corrected chi connectivity index (χ2v) is 4.80. The monoisotopic (exact) mass is 212 g/mol. The molecule has 1 saturated carbocycles. The summed E-state index contributed by atoms with van der Waals surface area (Å²) >= 11 is 0. The predicted octanol–water partition coefficient (Wildman–Crippen LogP) is 0.947. The molecule has 0 bridgehead atoms. The van der Waals surface area contributed by atoms with Gasteiger partial charge >= 0.3 is 5.97 Å². The lowest BCUT2D eigenvalue weighted by Gasteiger charge is -2.24. The van der Waals surface area contributed by atoms with E-state index in [0.29, 0.717) is 37.4 Å². The van der Waals surface area contributed by atoms with E-state index in [1.54, 1.807) is 0 Å². The van der Waals surface area contributed by atoms with E-state index in [-0.39, 0.29) is 18.4 Å². The topological polar surface area (TPSA) is 44.8 Å². The highest BCUT2D eigenvalue weighted by atomic mass is 16.7. The second-order valence-electron chi connectivity index (χ2n) is 4.80. The molecule has 2 saturated heterocycles. The minimum atomic E-state index is -0.107. The van der Waals surface area contributed by atoms with E-state index >= 15 is 0 Å². The van der Waals surface area contributed by atoms with Crippen LogP contribution in [0.15, 0.2) is 0 Å². The lowest BCUT2D eigenvalue weighted by Crippen LogP contribution is -2.29. The first kappa shape index (κ1) is 9.60. The van der Waals surface area contributed by atoms with Crippen molar-refractivity contribution in [2.45, 2.75) is 32.2 Å². The summed E-state index contributed by atoms with van der Waals surface area (Å²) in [6.07, 6.45) is 1.52. The zero-order chi connectivity index (χ0) is 10.4. The highest BCUT2D eigenvalue weighted by molar-refractivity contribution is 5.72. The van der Waals surface area contributed by atoms with Crippen molar-refractivity contribution in [1.29, 1.82) is 0 Å². The van der Waals surface area contributed by atoms with Gasteiger partial charge in [0.2, 0.25) is 0 Å². The molecule has 4 heteroatoms. The van der Waals surface area contributed by atoms with Gasteiger partial charge in [0, 0.05) is 11.8 Å². The van der Waals surface area contributed by atoms with Gasteiger partial charge in [0.25, 0.3) is 0 Å². The molecule has 1 aliphatic carbocycles. The van der Waals surface area contributed by atoms with Gasteiger partial charge in [-0.05, 0) is 12.3 Å². The zero-order valence-electron chi connectivity index (χ0n) is 8.85. The Kier molecular flexibility index (Phi) is 2.21. The number of ether oxygens (including phenoxy) is 3. The minimum absolute atomic E-state index is 0.0557. The molecule has 3 aliphatic rings. The van der Waals surface area contributed by atoms with Crippen LogP contribution in [0, 0.1) is 17.8 Å². The van der Waals surface area contributed by atoms with Crippen molar-refractivity contribution in [3.05, 3.63) is 0 Å². The largest absolute Gasteiger partial charge is 0.462 e. The number of rotatable bonds is 1. The van der Waals surface area contributed by atoms with Gasteiger partial charge < -0.3 is 14.2 Å². The van der Waals surface area contributed by atoms with Crippen molar-refractivity contribution in [2.75, 3.05) is 13.2 Å². The Hall–Kier alpha value is -0.610. The first-order chi connectivity index (χ1) is 7.25. The van der Waals surface area contributed by atoms with Crippen LogP contribution >= 0.6 is 0 Å². The summed E-state index contributed by atoms with van der Waals surface area (Å²) in [4.78, 5) is 11.2.